The van der Waals surface area contributed by atoms with E-state index in [2.05, 4.69) is 45.6 Å². The number of hydrogen-bond donors (Lipinski definition) is 2. The van der Waals surface area contributed by atoms with Crippen LogP contribution in [0.25, 0.3) is 0 Å². The Hall–Kier alpha value is -1.92. The molecule has 1 amide bonds. The van der Waals surface area contributed by atoms with Crippen molar-refractivity contribution >= 4 is 44.9 Å². The van der Waals surface area contributed by atoms with E-state index in [0.29, 0.717) is 15.8 Å². The Morgan fingerprint density at radius 1 is 1.20 bits per heavy atom. The second-order valence-corrected chi connectivity index (χ2v) is 6.82. The van der Waals surface area contributed by atoms with E-state index in [1.165, 1.54) is 18.4 Å². The zero-order valence-electron chi connectivity index (χ0n) is 14.3. The van der Waals surface area contributed by atoms with Gasteiger partial charge in [-0.1, -0.05) is 25.5 Å². The maximum Gasteiger partial charge on any atom is 0.257 e. The first-order valence-corrected chi connectivity index (χ1v) is 9.28. The number of anilines is 1. The minimum absolute atomic E-state index is 0.262. The van der Waals surface area contributed by atoms with E-state index >= 15 is 0 Å². The van der Waals surface area contributed by atoms with E-state index in [1.54, 1.807) is 25.3 Å². The number of halogens is 1. The summed E-state index contributed by atoms with van der Waals surface area (Å²) >= 11 is 8.58. The number of ether oxygens (including phenoxy) is 1. The number of rotatable bonds is 6. The van der Waals surface area contributed by atoms with Gasteiger partial charge in [0, 0.05) is 11.3 Å². The number of amides is 1. The summed E-state index contributed by atoms with van der Waals surface area (Å²) in [5, 5.41) is 5.97. The van der Waals surface area contributed by atoms with Gasteiger partial charge in [0.25, 0.3) is 5.91 Å². The van der Waals surface area contributed by atoms with Gasteiger partial charge in [0.2, 0.25) is 0 Å². The smallest absolute Gasteiger partial charge is 0.257 e. The van der Waals surface area contributed by atoms with Crippen molar-refractivity contribution in [3.8, 4) is 5.75 Å². The molecule has 25 heavy (non-hydrogen) atoms. The Morgan fingerprint density at radius 2 is 1.92 bits per heavy atom. The van der Waals surface area contributed by atoms with E-state index < -0.39 is 0 Å². The van der Waals surface area contributed by atoms with Crippen molar-refractivity contribution < 1.29 is 9.53 Å². The average Bonchev–Trinajstić information content (AvgIpc) is 2.61. The van der Waals surface area contributed by atoms with Crippen LogP contribution in [0.5, 0.6) is 5.75 Å². The number of benzene rings is 2. The fourth-order valence-corrected chi connectivity index (χ4v) is 3.03. The van der Waals surface area contributed by atoms with E-state index in [9.17, 15) is 4.79 Å². The van der Waals surface area contributed by atoms with Crippen LogP contribution in [0.3, 0.4) is 0 Å². The van der Waals surface area contributed by atoms with Gasteiger partial charge in [0.05, 0.1) is 11.6 Å². The number of carbonyl (C=O) groups excluding carboxylic acids is 1. The van der Waals surface area contributed by atoms with Crippen LogP contribution in [0.2, 0.25) is 0 Å². The third-order valence-corrected chi connectivity index (χ3v) is 4.50. The van der Waals surface area contributed by atoms with Crippen LogP contribution in [0.15, 0.2) is 46.9 Å². The number of unbranched alkanes of at least 4 members (excludes halogenated alkanes) is 1. The zero-order chi connectivity index (χ0) is 18.2. The first kappa shape index (κ1) is 19.4. The number of aryl methyl sites for hydroxylation is 1. The zero-order valence-corrected chi connectivity index (χ0v) is 16.7. The molecule has 0 saturated carbocycles. The molecule has 0 aliphatic carbocycles. The number of nitrogens with one attached hydrogen (secondary N) is 2. The summed E-state index contributed by atoms with van der Waals surface area (Å²) < 4.78 is 5.87. The third kappa shape index (κ3) is 5.83. The predicted octanol–water partition coefficient (Wildman–Crippen LogP) is 4.93. The van der Waals surface area contributed by atoms with Gasteiger partial charge in [-0.15, -0.1) is 0 Å². The molecule has 0 aliphatic heterocycles. The lowest BCUT2D eigenvalue weighted by Crippen LogP contribution is -2.34. The summed E-state index contributed by atoms with van der Waals surface area (Å²) in [5.74, 6) is 0.390. The molecule has 4 nitrogen and oxygen atoms in total. The highest BCUT2D eigenvalue weighted by atomic mass is 79.9. The molecule has 0 aliphatic rings. The largest absolute Gasteiger partial charge is 0.496 e. The average molecular weight is 421 g/mol. The summed E-state index contributed by atoms with van der Waals surface area (Å²) in [6.07, 6.45) is 3.43. The molecule has 6 heteroatoms. The molecule has 2 aromatic carbocycles. The Labute approximate surface area is 162 Å². The highest BCUT2D eigenvalue weighted by Crippen LogP contribution is 2.25. The molecule has 0 aromatic heterocycles. The normalized spacial score (nSPS) is 10.2. The lowest BCUT2D eigenvalue weighted by molar-refractivity contribution is 0.0977. The molecule has 0 saturated heterocycles. The molecule has 2 N–H and O–H groups in total. The van der Waals surface area contributed by atoms with Gasteiger partial charge in [-0.3, -0.25) is 10.1 Å². The molecule has 0 atom stereocenters. The fraction of sp³-hybridized carbons (Fsp3) is 0.263. The molecular formula is C19H21BrN2O2S. The SMILES string of the molecule is CCCCc1ccc(NC(=S)NC(=O)c2ccc(OC)c(Br)c2)cc1. The Bertz CT molecular complexity index is 748. The van der Waals surface area contributed by atoms with Gasteiger partial charge in [0.1, 0.15) is 5.75 Å². The van der Waals surface area contributed by atoms with E-state index in [0.717, 1.165) is 12.1 Å². The molecular weight excluding hydrogens is 400 g/mol. The van der Waals surface area contributed by atoms with E-state index in [-0.39, 0.29) is 11.0 Å². The molecule has 0 bridgehead atoms. The monoisotopic (exact) mass is 420 g/mol. The van der Waals surface area contributed by atoms with Crippen molar-refractivity contribution in [2.45, 2.75) is 26.2 Å². The van der Waals surface area contributed by atoms with Gasteiger partial charge in [-0.25, -0.2) is 0 Å². The predicted molar refractivity (Wildman–Crippen MR) is 109 cm³/mol. The van der Waals surface area contributed by atoms with Crippen LogP contribution in [0.4, 0.5) is 5.69 Å². The molecule has 2 rings (SSSR count). The minimum Gasteiger partial charge on any atom is -0.496 e. The Kier molecular flexibility index (Phi) is 7.40. The van der Waals surface area contributed by atoms with Crippen LogP contribution in [0, 0.1) is 0 Å². The minimum atomic E-state index is -0.277. The van der Waals surface area contributed by atoms with Crippen molar-refractivity contribution in [3.05, 3.63) is 58.1 Å². The van der Waals surface area contributed by atoms with Crippen LogP contribution in [-0.2, 0) is 6.42 Å². The maximum absolute atomic E-state index is 12.3. The summed E-state index contributed by atoms with van der Waals surface area (Å²) in [5.41, 5.74) is 2.64. The lowest BCUT2D eigenvalue weighted by Gasteiger charge is -2.11. The quantitative estimate of drug-likeness (QED) is 0.650. The number of methoxy groups -OCH3 is 1. The van der Waals surface area contributed by atoms with E-state index in [1.807, 2.05) is 12.1 Å². The van der Waals surface area contributed by atoms with E-state index in [4.69, 9.17) is 17.0 Å². The van der Waals surface area contributed by atoms with Gasteiger partial charge in [-0.2, -0.15) is 0 Å². The van der Waals surface area contributed by atoms with Crippen LogP contribution < -0.4 is 15.4 Å². The molecule has 0 fully saturated rings. The van der Waals surface area contributed by atoms with Crippen molar-refractivity contribution in [1.82, 2.24) is 5.32 Å². The number of thiocarbonyl (C=S) groups is 1. The van der Waals surface area contributed by atoms with Gasteiger partial charge in [0.15, 0.2) is 5.11 Å². The first-order valence-electron chi connectivity index (χ1n) is 8.08. The molecule has 0 radical (unpaired) electrons. The highest BCUT2D eigenvalue weighted by Gasteiger charge is 2.10. The summed E-state index contributed by atoms with van der Waals surface area (Å²) in [7, 11) is 1.58. The summed E-state index contributed by atoms with van der Waals surface area (Å²) in [4.78, 5) is 12.3. The van der Waals surface area contributed by atoms with Crippen molar-refractivity contribution in [2.24, 2.45) is 0 Å². The number of hydrogen-bond acceptors (Lipinski definition) is 3. The third-order valence-electron chi connectivity index (χ3n) is 3.67. The topological polar surface area (TPSA) is 50.4 Å². The van der Waals surface area contributed by atoms with Crippen LogP contribution in [0.1, 0.15) is 35.7 Å². The van der Waals surface area contributed by atoms with Crippen LogP contribution >= 0.6 is 28.1 Å². The summed E-state index contributed by atoms with van der Waals surface area (Å²) in [6.45, 7) is 2.18. The lowest BCUT2D eigenvalue weighted by atomic mass is 10.1. The standard InChI is InChI=1S/C19H21BrN2O2S/c1-3-4-5-13-6-9-15(10-7-13)21-19(25)22-18(23)14-8-11-17(24-2)16(20)12-14/h6-12H,3-5H2,1-2H3,(H2,21,22,23,25). The summed E-state index contributed by atoms with van der Waals surface area (Å²) in [6, 6.07) is 13.2. The molecule has 0 spiro atoms. The Balaban J connectivity index is 1.93. The molecule has 0 heterocycles. The molecule has 0 unspecified atom stereocenters. The molecule has 2 aromatic rings. The van der Waals surface area contributed by atoms with Crippen LogP contribution in [-0.4, -0.2) is 18.1 Å². The van der Waals surface area contributed by atoms with Gasteiger partial charge in [-0.05, 0) is 76.9 Å². The van der Waals surface area contributed by atoms with Crippen molar-refractivity contribution in [1.29, 1.82) is 0 Å². The maximum atomic E-state index is 12.3. The second kappa shape index (κ2) is 9.53. The first-order chi connectivity index (χ1) is 12.0. The second-order valence-electron chi connectivity index (χ2n) is 5.56. The molecule has 132 valence electrons. The van der Waals surface area contributed by atoms with Crippen molar-refractivity contribution in [2.75, 3.05) is 12.4 Å². The Morgan fingerprint density at radius 3 is 2.52 bits per heavy atom. The van der Waals surface area contributed by atoms with Gasteiger partial charge >= 0.3 is 0 Å². The van der Waals surface area contributed by atoms with Crippen molar-refractivity contribution in [3.63, 3.8) is 0 Å². The number of carbonyl (C=O) groups is 1. The fourth-order valence-electron chi connectivity index (χ4n) is 2.28. The van der Waals surface area contributed by atoms with Gasteiger partial charge < -0.3 is 10.1 Å². The highest BCUT2D eigenvalue weighted by molar-refractivity contribution is 9.10.